The third kappa shape index (κ3) is 4.47. The summed E-state index contributed by atoms with van der Waals surface area (Å²) in [5, 5.41) is 0.610. The van der Waals surface area contributed by atoms with Gasteiger partial charge in [-0.2, -0.15) is 8.42 Å². The van der Waals surface area contributed by atoms with Crippen LogP contribution in [0.3, 0.4) is 0 Å². The highest BCUT2D eigenvalue weighted by Crippen LogP contribution is 2.35. The number of aryl methyl sites for hydroxylation is 1. The minimum atomic E-state index is -3.90. The number of rotatable bonds is 7. The normalized spacial score (nSPS) is 11.5. The Morgan fingerprint density at radius 2 is 1.83 bits per heavy atom. The van der Waals surface area contributed by atoms with Crippen LogP contribution in [0.1, 0.15) is 11.1 Å². The van der Waals surface area contributed by atoms with Crippen LogP contribution >= 0.6 is 11.8 Å². The molecule has 1 heterocycles. The first-order chi connectivity index (χ1) is 14.4. The van der Waals surface area contributed by atoms with Gasteiger partial charge in [-0.05, 0) is 30.7 Å². The standard InChI is InChI=1S/C23H21NO4S2/c1-16-6-5-7-17(12-16)15-29-22-11-10-19(27-2)14-20(22)24-30(25,26)23-13-18-8-3-4-9-21(18)28-23/h3-14,24H,15H2,1-2H3. The highest BCUT2D eigenvalue weighted by molar-refractivity contribution is 7.98. The number of sulfonamides is 1. The van der Waals surface area contributed by atoms with Gasteiger partial charge in [0.2, 0.25) is 5.09 Å². The van der Waals surface area contributed by atoms with Crippen molar-refractivity contribution in [1.82, 2.24) is 0 Å². The molecule has 4 aromatic rings. The quantitative estimate of drug-likeness (QED) is 0.366. The first-order valence-electron chi connectivity index (χ1n) is 9.32. The van der Waals surface area contributed by atoms with E-state index in [1.807, 2.05) is 30.3 Å². The molecular formula is C23H21NO4S2. The molecule has 30 heavy (non-hydrogen) atoms. The molecule has 0 bridgehead atoms. The van der Waals surface area contributed by atoms with Crippen LogP contribution in [-0.4, -0.2) is 15.5 Å². The molecule has 0 saturated carbocycles. The Morgan fingerprint density at radius 3 is 2.60 bits per heavy atom. The average Bonchev–Trinajstić information content (AvgIpc) is 3.18. The maximum absolute atomic E-state index is 13.0. The Morgan fingerprint density at radius 1 is 1.00 bits per heavy atom. The fourth-order valence-electron chi connectivity index (χ4n) is 3.09. The van der Waals surface area contributed by atoms with E-state index in [1.165, 1.54) is 17.2 Å². The zero-order valence-electron chi connectivity index (χ0n) is 16.6. The number of hydrogen-bond donors (Lipinski definition) is 1. The van der Waals surface area contributed by atoms with Gasteiger partial charge >= 0.3 is 0 Å². The fourth-order valence-corrected chi connectivity index (χ4v) is 5.13. The maximum Gasteiger partial charge on any atom is 0.295 e. The topological polar surface area (TPSA) is 68.5 Å². The number of nitrogens with one attached hydrogen (secondary N) is 1. The van der Waals surface area contributed by atoms with Crippen molar-refractivity contribution in [2.24, 2.45) is 0 Å². The van der Waals surface area contributed by atoms with Crippen LogP contribution in [0.15, 0.2) is 87.2 Å². The van der Waals surface area contributed by atoms with E-state index in [4.69, 9.17) is 9.15 Å². The van der Waals surface area contributed by atoms with Gasteiger partial charge in [0.05, 0.1) is 12.8 Å². The van der Waals surface area contributed by atoms with Crippen LogP contribution in [0.2, 0.25) is 0 Å². The molecule has 0 aliphatic heterocycles. The zero-order valence-corrected chi connectivity index (χ0v) is 18.2. The molecule has 1 aromatic heterocycles. The van der Waals surface area contributed by atoms with E-state index < -0.39 is 10.0 Å². The summed E-state index contributed by atoms with van der Waals surface area (Å²) in [5.41, 5.74) is 3.33. The largest absolute Gasteiger partial charge is 0.497 e. The van der Waals surface area contributed by atoms with Crippen molar-refractivity contribution in [3.63, 3.8) is 0 Å². The lowest BCUT2D eigenvalue weighted by Crippen LogP contribution is -2.13. The maximum atomic E-state index is 13.0. The number of furan rings is 1. The number of hydrogen-bond acceptors (Lipinski definition) is 5. The molecule has 0 aliphatic carbocycles. The number of ether oxygens (including phenoxy) is 1. The molecule has 0 atom stereocenters. The average molecular weight is 440 g/mol. The fraction of sp³-hybridized carbons (Fsp3) is 0.130. The summed E-state index contributed by atoms with van der Waals surface area (Å²) in [5.74, 6) is 1.28. The SMILES string of the molecule is COc1ccc(SCc2cccc(C)c2)c(NS(=O)(=O)c2cc3ccccc3o2)c1. The highest BCUT2D eigenvalue weighted by atomic mass is 32.2. The van der Waals surface area contributed by atoms with Crippen LogP contribution in [0.4, 0.5) is 5.69 Å². The van der Waals surface area contributed by atoms with Gasteiger partial charge in [-0.3, -0.25) is 4.72 Å². The van der Waals surface area contributed by atoms with Gasteiger partial charge in [-0.25, -0.2) is 0 Å². The summed E-state index contributed by atoms with van der Waals surface area (Å²) >= 11 is 1.56. The van der Waals surface area contributed by atoms with Crippen molar-refractivity contribution >= 4 is 38.4 Å². The molecule has 0 amide bonds. The van der Waals surface area contributed by atoms with Crippen LogP contribution < -0.4 is 9.46 Å². The summed E-state index contributed by atoms with van der Waals surface area (Å²) in [7, 11) is -2.35. The van der Waals surface area contributed by atoms with Gasteiger partial charge in [0.15, 0.2) is 0 Å². The molecular weight excluding hydrogens is 418 g/mol. The Hall–Kier alpha value is -2.90. The van der Waals surface area contributed by atoms with Crippen molar-refractivity contribution in [2.75, 3.05) is 11.8 Å². The monoisotopic (exact) mass is 439 g/mol. The summed E-state index contributed by atoms with van der Waals surface area (Å²) in [4.78, 5) is 0.803. The van der Waals surface area contributed by atoms with Crippen molar-refractivity contribution in [1.29, 1.82) is 0 Å². The van der Waals surface area contributed by atoms with Crippen LogP contribution in [0.25, 0.3) is 11.0 Å². The number of methoxy groups -OCH3 is 1. The highest BCUT2D eigenvalue weighted by Gasteiger charge is 2.21. The van der Waals surface area contributed by atoms with Crippen molar-refractivity contribution < 1.29 is 17.6 Å². The molecule has 0 spiro atoms. The van der Waals surface area contributed by atoms with E-state index in [1.54, 1.807) is 37.1 Å². The van der Waals surface area contributed by atoms with E-state index >= 15 is 0 Å². The van der Waals surface area contributed by atoms with Gasteiger partial charge in [-0.15, -0.1) is 11.8 Å². The Kier molecular flexibility index (Phi) is 5.74. The van der Waals surface area contributed by atoms with Crippen molar-refractivity contribution in [3.8, 4) is 5.75 Å². The summed E-state index contributed by atoms with van der Waals surface area (Å²) in [6.07, 6.45) is 0. The molecule has 3 aromatic carbocycles. The molecule has 4 rings (SSSR count). The van der Waals surface area contributed by atoms with Gasteiger partial charge in [0, 0.05) is 28.2 Å². The van der Waals surface area contributed by atoms with Crippen LogP contribution in [0, 0.1) is 6.92 Å². The molecule has 0 fully saturated rings. The smallest absolute Gasteiger partial charge is 0.295 e. The molecule has 7 heteroatoms. The van der Waals surface area contributed by atoms with Gasteiger partial charge in [0.1, 0.15) is 11.3 Å². The second-order valence-electron chi connectivity index (χ2n) is 6.85. The third-order valence-corrected chi connectivity index (χ3v) is 6.94. The molecule has 0 unspecified atom stereocenters. The van der Waals surface area contributed by atoms with Crippen molar-refractivity contribution in [2.45, 2.75) is 22.7 Å². The molecule has 0 saturated heterocycles. The molecule has 0 aliphatic rings. The van der Waals surface area contributed by atoms with E-state index in [-0.39, 0.29) is 5.09 Å². The van der Waals surface area contributed by atoms with Crippen LogP contribution in [-0.2, 0) is 15.8 Å². The summed E-state index contributed by atoms with van der Waals surface area (Å²) in [6, 6.07) is 22.3. The van der Waals surface area contributed by atoms with E-state index in [2.05, 4.69) is 29.8 Å². The molecule has 5 nitrogen and oxygen atoms in total. The number of fused-ring (bicyclic) bond motifs is 1. The lowest BCUT2D eigenvalue weighted by atomic mass is 10.2. The lowest BCUT2D eigenvalue weighted by molar-refractivity contribution is 0.414. The lowest BCUT2D eigenvalue weighted by Gasteiger charge is -2.13. The second kappa shape index (κ2) is 8.45. The molecule has 154 valence electrons. The number of para-hydroxylation sites is 1. The second-order valence-corrected chi connectivity index (χ2v) is 9.48. The van der Waals surface area contributed by atoms with E-state index in [9.17, 15) is 8.42 Å². The van der Waals surface area contributed by atoms with E-state index in [0.29, 0.717) is 22.8 Å². The first kappa shape index (κ1) is 20.4. The predicted octanol–water partition coefficient (Wildman–Crippen LogP) is 5.84. The minimum absolute atomic E-state index is 0.124. The van der Waals surface area contributed by atoms with Gasteiger partial charge in [0.25, 0.3) is 10.0 Å². The number of anilines is 1. The minimum Gasteiger partial charge on any atom is -0.497 e. The van der Waals surface area contributed by atoms with Crippen molar-refractivity contribution in [3.05, 3.63) is 83.9 Å². The zero-order chi connectivity index (χ0) is 21.1. The number of thioether (sulfide) groups is 1. The first-order valence-corrected chi connectivity index (χ1v) is 11.8. The van der Waals surface area contributed by atoms with Gasteiger partial charge in [-0.1, -0.05) is 48.0 Å². The summed E-state index contributed by atoms with van der Waals surface area (Å²) in [6.45, 7) is 2.05. The van der Waals surface area contributed by atoms with E-state index in [0.717, 1.165) is 10.3 Å². The Balaban J connectivity index is 1.63. The predicted molar refractivity (Wildman–Crippen MR) is 121 cm³/mol. The third-order valence-electron chi connectivity index (χ3n) is 4.58. The molecule has 0 radical (unpaired) electrons. The van der Waals surface area contributed by atoms with Gasteiger partial charge < -0.3 is 9.15 Å². The number of benzene rings is 3. The Labute approximate surface area is 180 Å². The summed E-state index contributed by atoms with van der Waals surface area (Å²) < 4.78 is 39.5. The molecule has 1 N–H and O–H groups in total. The van der Waals surface area contributed by atoms with Crippen LogP contribution in [0.5, 0.6) is 5.75 Å². The Bertz CT molecular complexity index is 1260.